The van der Waals surface area contributed by atoms with Gasteiger partial charge in [0.15, 0.2) is 6.61 Å². The van der Waals surface area contributed by atoms with Crippen LogP contribution >= 0.6 is 0 Å². The Morgan fingerprint density at radius 1 is 1.20 bits per heavy atom. The van der Waals surface area contributed by atoms with Crippen molar-refractivity contribution >= 4 is 12.0 Å². The Morgan fingerprint density at radius 3 is 2.68 bits per heavy atom. The largest absolute Gasteiger partial charge is 0.466 e. The topological polar surface area (TPSA) is 133 Å². The molecule has 0 unspecified atom stereocenters. The molecule has 0 atom stereocenters. The Hall–Kier alpha value is -2.84. The number of nitrogens with zero attached hydrogens (tertiary/aromatic N) is 2. The third-order valence-electron chi connectivity index (χ3n) is 3.45. The summed E-state index contributed by atoms with van der Waals surface area (Å²) in [5, 5.41) is 10.3. The molecule has 2 rings (SSSR count). The maximum absolute atomic E-state index is 11.7. The first-order chi connectivity index (χ1) is 12.0. The molecule has 25 heavy (non-hydrogen) atoms. The number of nitrogens with two attached hydrogens (primary N) is 1. The van der Waals surface area contributed by atoms with E-state index in [2.05, 4.69) is 15.5 Å². The highest BCUT2D eigenvalue weighted by atomic mass is 16.5. The van der Waals surface area contributed by atoms with Crippen LogP contribution in [0.3, 0.4) is 0 Å². The number of nitrogens with one attached hydrogen (secondary N) is 1. The monoisotopic (exact) mass is 350 g/mol. The molecule has 136 valence electrons. The third-order valence-corrected chi connectivity index (χ3v) is 3.45. The van der Waals surface area contributed by atoms with Gasteiger partial charge in [0.2, 0.25) is 0 Å². The molecule has 9 heteroatoms. The maximum atomic E-state index is 11.7. The molecule has 0 aliphatic rings. The Kier molecular flexibility index (Phi) is 6.55. The Labute approximate surface area is 144 Å². The Bertz CT molecular complexity index is 722. The van der Waals surface area contributed by atoms with Crippen LogP contribution in [-0.4, -0.2) is 28.7 Å². The van der Waals surface area contributed by atoms with Gasteiger partial charge in [-0.2, -0.15) is 0 Å². The van der Waals surface area contributed by atoms with Gasteiger partial charge in [-0.3, -0.25) is 4.79 Å². The van der Waals surface area contributed by atoms with Gasteiger partial charge < -0.3 is 24.6 Å². The number of aromatic nitrogens is 2. The zero-order valence-electron chi connectivity index (χ0n) is 14.3. The summed E-state index contributed by atoms with van der Waals surface area (Å²) in [4.78, 5) is 22.2. The van der Waals surface area contributed by atoms with E-state index < -0.39 is 6.03 Å². The van der Waals surface area contributed by atoms with E-state index in [4.69, 9.17) is 19.3 Å². The first-order valence-corrected chi connectivity index (χ1v) is 8.04. The number of urea groups is 1. The number of aryl methyl sites for hydroxylation is 2. The fourth-order valence-corrected chi connectivity index (χ4v) is 2.26. The van der Waals surface area contributed by atoms with E-state index in [0.29, 0.717) is 24.6 Å². The van der Waals surface area contributed by atoms with Crippen molar-refractivity contribution < 1.29 is 23.2 Å². The predicted molar refractivity (Wildman–Crippen MR) is 87.3 cm³/mol. The molecular formula is C16H22N4O5. The first-order valence-electron chi connectivity index (χ1n) is 8.04. The van der Waals surface area contributed by atoms with Crippen molar-refractivity contribution in [3.8, 4) is 11.5 Å². The van der Waals surface area contributed by atoms with Crippen LogP contribution in [0.4, 0.5) is 4.79 Å². The van der Waals surface area contributed by atoms with Gasteiger partial charge in [-0.1, -0.05) is 6.42 Å². The summed E-state index contributed by atoms with van der Waals surface area (Å²) in [6.45, 7) is 4.08. The van der Waals surface area contributed by atoms with E-state index in [1.54, 1.807) is 0 Å². The zero-order valence-corrected chi connectivity index (χ0v) is 14.3. The summed E-state index contributed by atoms with van der Waals surface area (Å²) in [5.41, 5.74) is 5.68. The fourth-order valence-electron chi connectivity index (χ4n) is 2.26. The van der Waals surface area contributed by atoms with Crippen LogP contribution < -0.4 is 11.1 Å². The SMILES string of the molecule is Cc1cc(-c2nnc(COC(=O)CCCCCNC(N)=O)o2)c(C)o1. The molecule has 0 aromatic carbocycles. The lowest BCUT2D eigenvalue weighted by atomic mass is 10.2. The first kappa shape index (κ1) is 18.5. The smallest absolute Gasteiger partial charge is 0.312 e. The van der Waals surface area contributed by atoms with E-state index in [1.165, 1.54) is 0 Å². The van der Waals surface area contributed by atoms with E-state index in [1.807, 2.05) is 19.9 Å². The minimum Gasteiger partial charge on any atom is -0.466 e. The number of amides is 2. The van der Waals surface area contributed by atoms with E-state index in [-0.39, 0.29) is 24.9 Å². The van der Waals surface area contributed by atoms with Gasteiger partial charge in [0.25, 0.3) is 11.8 Å². The predicted octanol–water partition coefficient (Wildman–Crippen LogP) is 2.22. The van der Waals surface area contributed by atoms with Gasteiger partial charge in [0.1, 0.15) is 11.5 Å². The number of rotatable bonds is 9. The maximum Gasteiger partial charge on any atom is 0.312 e. The van der Waals surface area contributed by atoms with E-state index >= 15 is 0 Å². The van der Waals surface area contributed by atoms with Gasteiger partial charge in [-0.15, -0.1) is 10.2 Å². The second-order valence-electron chi connectivity index (χ2n) is 5.59. The van der Waals surface area contributed by atoms with Crippen LogP contribution in [0, 0.1) is 13.8 Å². The summed E-state index contributed by atoms with van der Waals surface area (Å²) in [6.07, 6.45) is 2.51. The normalized spacial score (nSPS) is 10.6. The minimum absolute atomic E-state index is 0.0645. The Balaban J connectivity index is 1.68. The molecule has 2 aromatic rings. The van der Waals surface area contributed by atoms with Crippen LogP contribution in [-0.2, 0) is 16.1 Å². The number of ether oxygens (including phenoxy) is 1. The molecule has 0 spiro atoms. The van der Waals surface area contributed by atoms with Crippen LogP contribution in [0.15, 0.2) is 14.9 Å². The van der Waals surface area contributed by atoms with Crippen molar-refractivity contribution in [3.05, 3.63) is 23.5 Å². The van der Waals surface area contributed by atoms with Crippen LogP contribution in [0.1, 0.15) is 43.1 Å². The van der Waals surface area contributed by atoms with E-state index in [9.17, 15) is 9.59 Å². The highest BCUT2D eigenvalue weighted by molar-refractivity contribution is 5.71. The number of carbonyl (C=O) groups excluding carboxylic acids is 2. The quantitative estimate of drug-likeness (QED) is 0.523. The molecule has 0 aliphatic carbocycles. The second-order valence-corrected chi connectivity index (χ2v) is 5.59. The highest BCUT2D eigenvalue weighted by Gasteiger charge is 2.15. The summed E-state index contributed by atoms with van der Waals surface area (Å²) >= 11 is 0. The van der Waals surface area contributed by atoms with Gasteiger partial charge in [-0.05, 0) is 32.8 Å². The lowest BCUT2D eigenvalue weighted by Crippen LogP contribution is -2.29. The van der Waals surface area contributed by atoms with Gasteiger partial charge in [0.05, 0.1) is 5.56 Å². The number of hydrogen-bond acceptors (Lipinski definition) is 7. The van der Waals surface area contributed by atoms with Crippen molar-refractivity contribution in [1.82, 2.24) is 15.5 Å². The molecule has 0 fully saturated rings. The molecular weight excluding hydrogens is 328 g/mol. The molecule has 0 aliphatic heterocycles. The van der Waals surface area contributed by atoms with Crippen LogP contribution in [0.5, 0.6) is 0 Å². The molecule has 0 radical (unpaired) electrons. The molecule has 9 nitrogen and oxygen atoms in total. The lowest BCUT2D eigenvalue weighted by molar-refractivity contribution is -0.145. The standard InChI is InChI=1S/C16H22N4O5/c1-10-8-12(11(2)24-10)15-20-19-13(25-15)9-23-14(21)6-4-3-5-7-18-16(17)22/h8H,3-7,9H2,1-2H3,(H3,17,18,22). The highest BCUT2D eigenvalue weighted by Crippen LogP contribution is 2.25. The number of unbranched alkanes of at least 4 members (excludes halogenated alkanes) is 2. The second kappa shape index (κ2) is 8.86. The van der Waals surface area contributed by atoms with Gasteiger partial charge >= 0.3 is 12.0 Å². The molecule has 0 saturated carbocycles. The summed E-state index contributed by atoms with van der Waals surface area (Å²) in [7, 11) is 0. The van der Waals surface area contributed by atoms with Gasteiger partial charge in [-0.25, -0.2) is 4.79 Å². The lowest BCUT2D eigenvalue weighted by Gasteiger charge is -2.03. The zero-order chi connectivity index (χ0) is 18.2. The van der Waals surface area contributed by atoms with Crippen molar-refractivity contribution in [1.29, 1.82) is 0 Å². The number of carbonyl (C=O) groups is 2. The summed E-state index contributed by atoms with van der Waals surface area (Å²) < 4.78 is 16.0. The van der Waals surface area contributed by atoms with Crippen LogP contribution in [0.25, 0.3) is 11.5 Å². The summed E-state index contributed by atoms with van der Waals surface area (Å²) in [5.74, 6) is 1.67. The molecule has 0 saturated heterocycles. The fraction of sp³-hybridized carbons (Fsp3) is 0.500. The molecule has 3 N–H and O–H groups in total. The molecule has 2 aromatic heterocycles. The average molecular weight is 350 g/mol. The van der Waals surface area contributed by atoms with Crippen molar-refractivity contribution in [2.24, 2.45) is 5.73 Å². The Morgan fingerprint density at radius 2 is 2.00 bits per heavy atom. The van der Waals surface area contributed by atoms with Gasteiger partial charge in [0, 0.05) is 13.0 Å². The molecule has 0 bridgehead atoms. The minimum atomic E-state index is -0.542. The number of esters is 1. The van der Waals surface area contributed by atoms with Crippen LogP contribution in [0.2, 0.25) is 0 Å². The average Bonchev–Trinajstić information content (AvgIpc) is 3.14. The molecule has 2 heterocycles. The van der Waals surface area contributed by atoms with Crippen molar-refractivity contribution in [2.45, 2.75) is 46.1 Å². The number of furan rings is 1. The number of hydrogen-bond donors (Lipinski definition) is 2. The van der Waals surface area contributed by atoms with Crippen molar-refractivity contribution in [3.63, 3.8) is 0 Å². The summed E-state index contributed by atoms with van der Waals surface area (Å²) in [6, 6.07) is 1.27. The molecule has 2 amide bonds. The van der Waals surface area contributed by atoms with E-state index in [0.717, 1.165) is 24.2 Å². The van der Waals surface area contributed by atoms with Crippen molar-refractivity contribution in [2.75, 3.05) is 6.54 Å². The number of primary amides is 1. The third kappa shape index (κ3) is 5.94.